The van der Waals surface area contributed by atoms with Crippen molar-refractivity contribution >= 4 is 34.6 Å². The van der Waals surface area contributed by atoms with Crippen LogP contribution in [0.25, 0.3) is 11.1 Å². The summed E-state index contributed by atoms with van der Waals surface area (Å²) in [6.07, 6.45) is 2.33. The van der Waals surface area contributed by atoms with Gasteiger partial charge < -0.3 is 14.6 Å². The van der Waals surface area contributed by atoms with E-state index in [2.05, 4.69) is 15.2 Å². The van der Waals surface area contributed by atoms with Crippen LogP contribution in [0.1, 0.15) is 18.4 Å². The lowest BCUT2D eigenvalue weighted by Crippen LogP contribution is -2.39. The topological polar surface area (TPSA) is 58.4 Å². The van der Waals surface area contributed by atoms with Crippen LogP contribution in [0.3, 0.4) is 0 Å². The summed E-state index contributed by atoms with van der Waals surface area (Å²) in [4.78, 5) is 18.9. The first-order valence-corrected chi connectivity index (χ1v) is 9.67. The fourth-order valence-electron chi connectivity index (χ4n) is 3.46. The molecule has 3 aromatic rings. The number of benzene rings is 2. The highest BCUT2D eigenvalue weighted by molar-refractivity contribution is 6.31. The molecule has 0 spiro atoms. The number of nitrogens with zero attached hydrogens (tertiary/aromatic N) is 2. The summed E-state index contributed by atoms with van der Waals surface area (Å²) >= 11 is 6.12. The molecule has 0 bridgehead atoms. The number of amides is 1. The first-order valence-electron chi connectivity index (χ1n) is 9.29. The second-order valence-electron chi connectivity index (χ2n) is 6.97. The summed E-state index contributed by atoms with van der Waals surface area (Å²) in [7, 11) is 0. The van der Waals surface area contributed by atoms with Gasteiger partial charge in [-0.25, -0.2) is 0 Å². The summed E-state index contributed by atoms with van der Waals surface area (Å²) in [5, 5.41) is 3.69. The van der Waals surface area contributed by atoms with Crippen molar-refractivity contribution in [3.05, 3.63) is 59.1 Å². The molecule has 27 heavy (non-hydrogen) atoms. The Balaban J connectivity index is 1.26. The summed E-state index contributed by atoms with van der Waals surface area (Å²) < 4.78 is 5.85. The standard InChI is InChI=1S/C21H22ClN3O2/c22-17-6-2-1-5-16(17)13-20(26)23-14-15-9-11-25(12-10-15)21-24-18-7-3-4-8-19(18)27-21/h1-8,15H,9-14H2,(H,23,26). The van der Waals surface area contributed by atoms with E-state index in [0.29, 0.717) is 29.9 Å². The van der Waals surface area contributed by atoms with Gasteiger partial charge in [-0.1, -0.05) is 41.9 Å². The zero-order valence-corrected chi connectivity index (χ0v) is 15.8. The maximum absolute atomic E-state index is 12.2. The molecule has 1 aliphatic rings. The minimum atomic E-state index is 0.0180. The maximum Gasteiger partial charge on any atom is 0.298 e. The van der Waals surface area contributed by atoms with Crippen LogP contribution in [0.15, 0.2) is 52.9 Å². The third-order valence-electron chi connectivity index (χ3n) is 5.06. The Kier molecular flexibility index (Phi) is 5.30. The van der Waals surface area contributed by atoms with Gasteiger partial charge in [0.05, 0.1) is 6.42 Å². The molecule has 0 radical (unpaired) electrons. The highest BCUT2D eigenvalue weighted by Crippen LogP contribution is 2.26. The van der Waals surface area contributed by atoms with E-state index >= 15 is 0 Å². The van der Waals surface area contributed by atoms with Crippen LogP contribution < -0.4 is 10.2 Å². The number of fused-ring (bicyclic) bond motifs is 1. The molecule has 0 saturated carbocycles. The Hall–Kier alpha value is -2.53. The summed E-state index contributed by atoms with van der Waals surface area (Å²) in [5.41, 5.74) is 2.57. The third kappa shape index (κ3) is 4.25. The number of hydrogen-bond donors (Lipinski definition) is 1. The van der Waals surface area contributed by atoms with Crippen molar-refractivity contribution in [3.63, 3.8) is 0 Å². The largest absolute Gasteiger partial charge is 0.423 e. The molecule has 0 aliphatic carbocycles. The van der Waals surface area contributed by atoms with E-state index < -0.39 is 0 Å². The summed E-state index contributed by atoms with van der Waals surface area (Å²) in [6, 6.07) is 16.0. The number of para-hydroxylation sites is 2. The lowest BCUT2D eigenvalue weighted by Gasteiger charge is -2.30. The number of carbonyl (C=O) groups is 1. The quantitative estimate of drug-likeness (QED) is 0.721. The summed E-state index contributed by atoms with van der Waals surface area (Å²) in [5.74, 6) is 0.491. The fraction of sp³-hybridized carbons (Fsp3) is 0.333. The van der Waals surface area contributed by atoms with Crippen molar-refractivity contribution in [2.45, 2.75) is 19.3 Å². The molecule has 1 aromatic heterocycles. The molecule has 0 atom stereocenters. The maximum atomic E-state index is 12.2. The van der Waals surface area contributed by atoms with Crippen molar-refractivity contribution in [2.24, 2.45) is 5.92 Å². The molecule has 1 fully saturated rings. The number of oxazole rings is 1. The SMILES string of the molecule is O=C(Cc1ccccc1Cl)NCC1CCN(c2nc3ccccc3o2)CC1. The van der Waals surface area contributed by atoms with E-state index in [1.807, 2.05) is 48.5 Å². The predicted molar refractivity (Wildman–Crippen MR) is 107 cm³/mol. The average molecular weight is 384 g/mol. The minimum Gasteiger partial charge on any atom is -0.423 e. The van der Waals surface area contributed by atoms with Gasteiger partial charge in [0, 0.05) is 24.7 Å². The van der Waals surface area contributed by atoms with Crippen LogP contribution in [0.2, 0.25) is 5.02 Å². The lowest BCUT2D eigenvalue weighted by atomic mass is 9.97. The Morgan fingerprint density at radius 2 is 1.89 bits per heavy atom. The van der Waals surface area contributed by atoms with Crippen molar-refractivity contribution in [2.75, 3.05) is 24.5 Å². The van der Waals surface area contributed by atoms with E-state index in [1.54, 1.807) is 0 Å². The number of aromatic nitrogens is 1. The van der Waals surface area contributed by atoms with Crippen molar-refractivity contribution < 1.29 is 9.21 Å². The highest BCUT2D eigenvalue weighted by Gasteiger charge is 2.23. The average Bonchev–Trinajstić information content (AvgIpc) is 3.13. The first kappa shape index (κ1) is 17.9. The second-order valence-corrected chi connectivity index (χ2v) is 7.37. The Labute approximate surface area is 163 Å². The number of anilines is 1. The van der Waals surface area contributed by atoms with Gasteiger partial charge in [-0.15, -0.1) is 0 Å². The molecule has 5 nitrogen and oxygen atoms in total. The summed E-state index contributed by atoms with van der Waals surface area (Å²) in [6.45, 7) is 2.47. The molecular weight excluding hydrogens is 362 g/mol. The molecule has 1 saturated heterocycles. The van der Waals surface area contributed by atoms with Crippen molar-refractivity contribution in [1.29, 1.82) is 0 Å². The number of carbonyl (C=O) groups excluding carboxylic acids is 1. The third-order valence-corrected chi connectivity index (χ3v) is 5.43. The molecule has 4 rings (SSSR count). The number of hydrogen-bond acceptors (Lipinski definition) is 4. The van der Waals surface area contributed by atoms with Gasteiger partial charge in [-0.05, 0) is 42.5 Å². The zero-order valence-electron chi connectivity index (χ0n) is 15.0. The predicted octanol–water partition coefficient (Wildman–Crippen LogP) is 4.06. The number of nitrogens with one attached hydrogen (secondary N) is 1. The van der Waals surface area contributed by atoms with Gasteiger partial charge >= 0.3 is 0 Å². The van der Waals surface area contributed by atoms with Gasteiger partial charge in [0.15, 0.2) is 5.58 Å². The van der Waals surface area contributed by atoms with Crippen LogP contribution in [-0.4, -0.2) is 30.5 Å². The molecular formula is C21H22ClN3O2. The molecule has 2 aromatic carbocycles. The monoisotopic (exact) mass is 383 g/mol. The van der Waals surface area contributed by atoms with Gasteiger partial charge in [-0.3, -0.25) is 4.79 Å². The van der Waals surface area contributed by atoms with E-state index in [0.717, 1.165) is 42.6 Å². The van der Waals surface area contributed by atoms with Crippen molar-refractivity contribution in [3.8, 4) is 0 Å². The van der Waals surface area contributed by atoms with Gasteiger partial charge in [-0.2, -0.15) is 4.98 Å². The Bertz CT molecular complexity index is 899. The Morgan fingerprint density at radius 1 is 1.15 bits per heavy atom. The van der Waals surface area contributed by atoms with Gasteiger partial charge in [0.1, 0.15) is 5.52 Å². The van der Waals surface area contributed by atoms with E-state index in [9.17, 15) is 4.79 Å². The fourth-order valence-corrected chi connectivity index (χ4v) is 3.66. The molecule has 1 aliphatic heterocycles. The van der Waals surface area contributed by atoms with Crippen LogP contribution in [0.5, 0.6) is 0 Å². The van der Waals surface area contributed by atoms with E-state index in [4.69, 9.17) is 16.0 Å². The Morgan fingerprint density at radius 3 is 2.67 bits per heavy atom. The van der Waals surface area contributed by atoms with Gasteiger partial charge in [0.25, 0.3) is 6.01 Å². The first-order chi connectivity index (χ1) is 13.2. The molecule has 2 heterocycles. The second kappa shape index (κ2) is 8.01. The van der Waals surface area contributed by atoms with E-state index in [1.165, 1.54) is 0 Å². The highest BCUT2D eigenvalue weighted by atomic mass is 35.5. The molecule has 1 N–H and O–H groups in total. The molecule has 1 amide bonds. The van der Waals surface area contributed by atoms with Crippen LogP contribution in [-0.2, 0) is 11.2 Å². The van der Waals surface area contributed by atoms with Gasteiger partial charge in [0.2, 0.25) is 5.91 Å². The van der Waals surface area contributed by atoms with Crippen molar-refractivity contribution in [1.82, 2.24) is 10.3 Å². The van der Waals surface area contributed by atoms with Crippen LogP contribution >= 0.6 is 11.6 Å². The van der Waals surface area contributed by atoms with Crippen LogP contribution in [0, 0.1) is 5.92 Å². The van der Waals surface area contributed by atoms with Crippen LogP contribution in [0.4, 0.5) is 6.01 Å². The molecule has 140 valence electrons. The molecule has 0 unspecified atom stereocenters. The smallest absolute Gasteiger partial charge is 0.298 e. The number of piperidine rings is 1. The molecule has 6 heteroatoms. The normalized spacial score (nSPS) is 15.2. The minimum absolute atomic E-state index is 0.0180. The number of halogens is 1. The van der Waals surface area contributed by atoms with E-state index in [-0.39, 0.29) is 5.91 Å². The lowest BCUT2D eigenvalue weighted by molar-refractivity contribution is -0.120. The number of rotatable bonds is 5. The zero-order chi connectivity index (χ0) is 18.6.